The van der Waals surface area contributed by atoms with Gasteiger partial charge in [0.15, 0.2) is 11.6 Å². The Labute approximate surface area is 135 Å². The van der Waals surface area contributed by atoms with Gasteiger partial charge in [-0.05, 0) is 24.3 Å². The van der Waals surface area contributed by atoms with E-state index in [4.69, 9.17) is 9.47 Å². The maximum atomic E-state index is 11.9. The Morgan fingerprint density at radius 1 is 0.826 bits per heavy atom. The maximum absolute atomic E-state index is 11.9. The van der Waals surface area contributed by atoms with Crippen LogP contribution in [-0.2, 0) is 0 Å². The molecular weight excluding hydrogens is 292 g/mol. The molecule has 2 aromatic carbocycles. The Kier molecular flexibility index (Phi) is 4.15. The van der Waals surface area contributed by atoms with Crippen LogP contribution in [0.5, 0.6) is 11.5 Å². The van der Waals surface area contributed by atoms with Crippen molar-refractivity contribution in [2.45, 2.75) is 26.7 Å². The highest BCUT2D eigenvalue weighted by Crippen LogP contribution is 2.40. The van der Waals surface area contributed by atoms with Crippen molar-refractivity contribution < 1.29 is 19.1 Å². The molecule has 0 spiro atoms. The van der Waals surface area contributed by atoms with Crippen molar-refractivity contribution in [3.05, 3.63) is 47.5 Å². The number of rotatable bonds is 4. The second kappa shape index (κ2) is 6.24. The largest absolute Gasteiger partial charge is 0.457 e. The lowest BCUT2D eigenvalue weighted by atomic mass is 9.97. The van der Waals surface area contributed by atoms with Gasteiger partial charge in [-0.3, -0.25) is 9.59 Å². The van der Waals surface area contributed by atoms with Gasteiger partial charge in [-0.15, -0.1) is 0 Å². The quantitative estimate of drug-likeness (QED) is 0.791. The van der Waals surface area contributed by atoms with E-state index in [0.717, 1.165) is 11.1 Å². The summed E-state index contributed by atoms with van der Waals surface area (Å²) >= 11 is 0. The molecule has 1 aliphatic heterocycles. The van der Waals surface area contributed by atoms with E-state index in [-0.39, 0.29) is 18.4 Å². The van der Waals surface area contributed by atoms with Gasteiger partial charge >= 0.3 is 0 Å². The number of hydrogen-bond donors (Lipinski definition) is 0. The number of ether oxygens (including phenoxy) is 2. The number of carbonyl (C=O) groups excluding carboxylic acids is 2. The van der Waals surface area contributed by atoms with E-state index in [1.807, 2.05) is 26.0 Å². The second-order valence-corrected chi connectivity index (χ2v) is 5.38. The normalized spacial score (nSPS) is 12.3. The third kappa shape index (κ3) is 2.84. The summed E-state index contributed by atoms with van der Waals surface area (Å²) in [5, 5.41) is 0. The van der Waals surface area contributed by atoms with E-state index < -0.39 is 0 Å². The highest BCUT2D eigenvalue weighted by atomic mass is 16.7. The van der Waals surface area contributed by atoms with E-state index >= 15 is 0 Å². The van der Waals surface area contributed by atoms with Crippen LogP contribution in [-0.4, -0.2) is 18.4 Å². The van der Waals surface area contributed by atoms with Crippen LogP contribution in [0.4, 0.5) is 0 Å². The third-order valence-corrected chi connectivity index (χ3v) is 3.97. The predicted octanol–water partition coefficient (Wildman–Crippen LogP) is 4.27. The first-order valence-corrected chi connectivity index (χ1v) is 7.74. The number of Topliss-reactive ketones (excluding diaryl/α,β-unsaturated/α-hetero) is 2. The molecule has 0 aliphatic carbocycles. The summed E-state index contributed by atoms with van der Waals surface area (Å²) in [4.78, 5) is 23.7. The van der Waals surface area contributed by atoms with Crippen molar-refractivity contribution in [2.24, 2.45) is 0 Å². The Hall–Kier alpha value is -2.62. The molecule has 3 rings (SSSR count). The first-order valence-electron chi connectivity index (χ1n) is 7.74. The highest BCUT2D eigenvalue weighted by Gasteiger charge is 2.19. The van der Waals surface area contributed by atoms with Crippen molar-refractivity contribution in [3.8, 4) is 22.6 Å². The van der Waals surface area contributed by atoms with Crippen molar-refractivity contribution in [2.75, 3.05) is 6.79 Å². The van der Waals surface area contributed by atoms with Crippen LogP contribution in [0.15, 0.2) is 36.4 Å². The zero-order chi connectivity index (χ0) is 16.4. The van der Waals surface area contributed by atoms with Crippen molar-refractivity contribution >= 4 is 11.6 Å². The van der Waals surface area contributed by atoms with Crippen molar-refractivity contribution in [1.29, 1.82) is 0 Å². The van der Waals surface area contributed by atoms with Gasteiger partial charge in [0.05, 0.1) is 0 Å². The molecule has 4 heteroatoms. The molecule has 1 heterocycles. The fourth-order valence-corrected chi connectivity index (χ4v) is 2.64. The molecule has 118 valence electrons. The summed E-state index contributed by atoms with van der Waals surface area (Å²) in [6.45, 7) is 3.71. The minimum atomic E-state index is 0.0491. The van der Waals surface area contributed by atoms with E-state index in [2.05, 4.69) is 0 Å². The van der Waals surface area contributed by atoms with Gasteiger partial charge in [0.1, 0.15) is 11.5 Å². The fourth-order valence-electron chi connectivity index (χ4n) is 2.64. The molecule has 4 nitrogen and oxygen atoms in total. The molecular formula is C19H18O4. The van der Waals surface area contributed by atoms with Gasteiger partial charge in [-0.25, -0.2) is 0 Å². The molecule has 0 amide bonds. The molecule has 0 saturated heterocycles. The van der Waals surface area contributed by atoms with Gasteiger partial charge in [-0.2, -0.15) is 0 Å². The van der Waals surface area contributed by atoms with Crippen LogP contribution in [0.3, 0.4) is 0 Å². The molecule has 1 aliphatic rings. The Morgan fingerprint density at radius 3 is 1.65 bits per heavy atom. The van der Waals surface area contributed by atoms with Gasteiger partial charge in [-0.1, -0.05) is 26.0 Å². The second-order valence-electron chi connectivity index (χ2n) is 5.38. The summed E-state index contributed by atoms with van der Waals surface area (Å²) in [5.41, 5.74) is 2.99. The van der Waals surface area contributed by atoms with E-state index in [9.17, 15) is 9.59 Å². The average molecular weight is 310 g/mol. The number of carbonyl (C=O) groups is 2. The average Bonchev–Trinajstić information content (AvgIpc) is 2.78. The Bertz CT molecular complexity index is 711. The van der Waals surface area contributed by atoms with Crippen LogP contribution in [0.25, 0.3) is 11.1 Å². The third-order valence-electron chi connectivity index (χ3n) is 3.97. The van der Waals surface area contributed by atoms with Gasteiger partial charge in [0, 0.05) is 35.1 Å². The molecule has 0 saturated carbocycles. The lowest BCUT2D eigenvalue weighted by Crippen LogP contribution is -2.05. The van der Waals surface area contributed by atoms with Crippen LogP contribution >= 0.6 is 0 Å². The summed E-state index contributed by atoms with van der Waals surface area (Å²) < 4.78 is 11.3. The fraction of sp³-hybridized carbons (Fsp3) is 0.263. The van der Waals surface area contributed by atoms with Crippen molar-refractivity contribution in [1.82, 2.24) is 0 Å². The molecule has 0 N–H and O–H groups in total. The monoisotopic (exact) mass is 310 g/mol. The molecule has 0 atom stereocenters. The van der Waals surface area contributed by atoms with E-state index in [1.165, 1.54) is 0 Å². The maximum Gasteiger partial charge on any atom is 0.230 e. The zero-order valence-electron chi connectivity index (χ0n) is 13.2. The molecule has 0 aromatic heterocycles. The SMILES string of the molecule is CCC(=O)c1ccc2c(c1)OCOc1cc(C(=O)CC)ccc1-2. The van der Waals surface area contributed by atoms with Crippen LogP contribution in [0.1, 0.15) is 47.4 Å². The molecule has 0 bridgehead atoms. The first kappa shape index (κ1) is 15.3. The van der Waals surface area contributed by atoms with Crippen LogP contribution in [0.2, 0.25) is 0 Å². The molecule has 0 fully saturated rings. The smallest absolute Gasteiger partial charge is 0.230 e. The molecule has 0 unspecified atom stereocenters. The molecule has 23 heavy (non-hydrogen) atoms. The summed E-state index contributed by atoms with van der Waals surface area (Å²) in [7, 11) is 0. The molecule has 0 radical (unpaired) electrons. The van der Waals surface area contributed by atoms with Gasteiger partial charge < -0.3 is 9.47 Å². The summed E-state index contributed by atoms with van der Waals surface area (Å²) in [5.74, 6) is 1.39. The number of hydrogen-bond acceptors (Lipinski definition) is 4. The number of ketones is 2. The summed E-state index contributed by atoms with van der Waals surface area (Å²) in [6.07, 6.45) is 0.905. The van der Waals surface area contributed by atoms with Crippen molar-refractivity contribution in [3.63, 3.8) is 0 Å². The lowest BCUT2D eigenvalue weighted by molar-refractivity contribution is 0.0980. The lowest BCUT2D eigenvalue weighted by Gasteiger charge is -2.09. The summed E-state index contributed by atoms with van der Waals surface area (Å²) in [6, 6.07) is 10.8. The number of fused-ring (bicyclic) bond motifs is 3. The standard InChI is InChI=1S/C19H18O4/c1-3-16(20)12-5-7-14-15-8-6-13(17(21)4-2)10-19(15)23-11-22-18(14)9-12/h5-10H,3-4,11H2,1-2H3. The van der Waals surface area contributed by atoms with Gasteiger partial charge in [0.2, 0.25) is 6.79 Å². The van der Waals surface area contributed by atoms with E-state index in [1.54, 1.807) is 24.3 Å². The highest BCUT2D eigenvalue weighted by molar-refractivity contribution is 5.98. The van der Waals surface area contributed by atoms with Crippen LogP contribution < -0.4 is 9.47 Å². The predicted molar refractivity (Wildman–Crippen MR) is 87.2 cm³/mol. The number of benzene rings is 2. The zero-order valence-corrected chi connectivity index (χ0v) is 13.2. The topological polar surface area (TPSA) is 52.6 Å². The minimum Gasteiger partial charge on any atom is -0.457 e. The molecule has 2 aromatic rings. The minimum absolute atomic E-state index is 0.0491. The van der Waals surface area contributed by atoms with E-state index in [0.29, 0.717) is 35.5 Å². The Balaban J connectivity index is 2.07. The van der Waals surface area contributed by atoms with Gasteiger partial charge in [0.25, 0.3) is 0 Å². The first-order chi connectivity index (χ1) is 11.1. The Morgan fingerprint density at radius 2 is 1.26 bits per heavy atom. The van der Waals surface area contributed by atoms with Crippen LogP contribution in [0, 0.1) is 0 Å².